The number of nitrogens with zero attached hydrogens (tertiary/aromatic N) is 2. The van der Waals surface area contributed by atoms with E-state index < -0.39 is 118 Å². The van der Waals surface area contributed by atoms with Crippen LogP contribution in [0.25, 0.3) is 0 Å². The fourth-order valence-corrected chi connectivity index (χ4v) is 8.95. The Morgan fingerprint density at radius 1 is 0.473 bits per heavy atom. The minimum absolute atomic E-state index is 0.0270. The lowest BCUT2D eigenvalue weighted by Crippen LogP contribution is -2.35. The van der Waals surface area contributed by atoms with Gasteiger partial charge in [-0.2, -0.15) is 34.8 Å². The van der Waals surface area contributed by atoms with Gasteiger partial charge in [0.1, 0.15) is 16.3 Å². The number of phenols is 1. The van der Waals surface area contributed by atoms with Crippen molar-refractivity contribution in [3.8, 4) is 11.5 Å². The molecule has 0 amide bonds. The summed E-state index contributed by atoms with van der Waals surface area (Å²) in [6.07, 6.45) is -21.0. The lowest BCUT2D eigenvalue weighted by atomic mass is 10.1. The maximum absolute atomic E-state index is 12.0. The van der Waals surface area contributed by atoms with E-state index in [1.54, 1.807) is 76.2 Å². The molecule has 2 saturated heterocycles. The van der Waals surface area contributed by atoms with Gasteiger partial charge in [0.25, 0.3) is 0 Å². The third kappa shape index (κ3) is 51.6. The van der Waals surface area contributed by atoms with E-state index in [4.69, 9.17) is 78.2 Å². The summed E-state index contributed by atoms with van der Waals surface area (Å²) in [5, 5.41) is 24.9. The third-order valence-electron chi connectivity index (χ3n) is 12.7. The smallest absolute Gasteiger partial charge is 0.508 e. The molecule has 0 aromatic heterocycles. The van der Waals surface area contributed by atoms with Crippen LogP contribution in [-0.2, 0) is 126 Å². The van der Waals surface area contributed by atoms with Crippen LogP contribution in [0.5, 0.6) is 11.5 Å². The monoisotopic (exact) mass is 1750 g/mol. The minimum atomic E-state index is -4.81. The van der Waals surface area contributed by atoms with Gasteiger partial charge in [-0.1, -0.05) is 136 Å². The Morgan fingerprint density at radius 3 is 1.26 bits per heavy atom. The minimum Gasteiger partial charge on any atom is -0.508 e. The lowest BCUT2D eigenvalue weighted by molar-refractivity contribution is -0.170. The molecule has 4 aromatic carbocycles. The van der Waals surface area contributed by atoms with Crippen molar-refractivity contribution >= 4 is 121 Å². The van der Waals surface area contributed by atoms with Crippen molar-refractivity contribution in [2.75, 3.05) is 98.9 Å². The van der Waals surface area contributed by atoms with Crippen LogP contribution in [0.3, 0.4) is 0 Å². The van der Waals surface area contributed by atoms with Gasteiger partial charge in [0.2, 0.25) is 6.10 Å². The van der Waals surface area contributed by atoms with Crippen LogP contribution in [-0.4, -0.2) is 238 Å². The molecule has 112 heavy (non-hydrogen) atoms. The number of halogens is 10. The van der Waals surface area contributed by atoms with Gasteiger partial charge in [0.05, 0.1) is 59.5 Å². The zero-order valence-corrected chi connectivity index (χ0v) is 66.3. The van der Waals surface area contributed by atoms with E-state index in [1.165, 1.54) is 20.8 Å². The molecule has 2 aliphatic heterocycles. The van der Waals surface area contributed by atoms with Crippen LogP contribution in [0, 0.1) is 0 Å². The Labute approximate surface area is 664 Å². The second kappa shape index (κ2) is 56.3. The first-order chi connectivity index (χ1) is 52.5. The molecule has 0 spiro atoms. The molecule has 4 aromatic rings. The first kappa shape index (κ1) is 103. The Morgan fingerprint density at radius 2 is 0.857 bits per heavy atom. The fraction of sp³-hybridized carbons (Fsp3) is 0.507. The number of esters is 5. The van der Waals surface area contributed by atoms with Gasteiger partial charge in [0.15, 0.2) is 31.5 Å². The number of rotatable bonds is 26. The van der Waals surface area contributed by atoms with E-state index in [2.05, 4.69) is 63.1 Å². The summed E-state index contributed by atoms with van der Waals surface area (Å²) >= 11 is 18.4. The molecule has 3 N–H and O–H groups in total. The standard InChI is InChI=1S/C17H23NO6.C14H15F3O5.C11H13BrO2.C11H15NO2.C7H9Cl3O7S.C6H10O5.C3H3F3O3/c1-3-22-16(19)13(2)23-17(20)24-15-6-4-5-14(11-15)12-18-7-9-21-10-8-18;1-2-20-12(18)11(8-10-6-4-3-5-7-10)22-13(19)21-9-14(15,16)17;1-2-14-11(13)10(12)8-9-6-4-3-5-7-9;13-11-3-1-2-10(8-11)9-12-4-6-14-7-5-12;1-3-15-5(11)4(2)16-6(12)17-18(13,14)7(8,9)10;1-3-10-5(7)4(2)11-6(8)9;4-3(5,6)1-9-2(7)8/h4-6,11,13H,3,7-10,12H2,1-2H3;3-7,11H,2,8-9H2,1H3;3-7,10H,2,8H2,1H3;1-3,8,13H,4-7,9H2;4H,3H2,1-2H3;4H,3H2,1-2H3,(H,8,9);1H2,(H,7,8). The molecule has 5 unspecified atom stereocenters. The summed E-state index contributed by atoms with van der Waals surface area (Å²) in [5.74, 6) is -2.48. The summed E-state index contributed by atoms with van der Waals surface area (Å²) < 4.78 is 156. The zero-order valence-electron chi connectivity index (χ0n) is 61.7. The molecule has 2 aliphatic rings. The number of hydrogen-bond acceptors (Lipinski definition) is 30. The van der Waals surface area contributed by atoms with Crippen molar-refractivity contribution < 1.29 is 169 Å². The average molecular weight is 1760 g/mol. The Balaban J connectivity index is 0.00000131. The molecule has 0 bridgehead atoms. The van der Waals surface area contributed by atoms with Crippen LogP contribution >= 0.6 is 50.7 Å². The van der Waals surface area contributed by atoms with Crippen LogP contribution in [0.2, 0.25) is 0 Å². The van der Waals surface area contributed by atoms with E-state index >= 15 is 0 Å². The highest BCUT2D eigenvalue weighted by Crippen LogP contribution is 2.34. The van der Waals surface area contributed by atoms with Gasteiger partial charge >= 0.3 is 86.2 Å². The van der Waals surface area contributed by atoms with Crippen LogP contribution < -0.4 is 4.74 Å². The van der Waals surface area contributed by atoms with Crippen LogP contribution in [0.4, 0.5) is 50.3 Å². The molecule has 5 atom stereocenters. The molecule has 2 fully saturated rings. The van der Waals surface area contributed by atoms with E-state index in [-0.39, 0.29) is 43.6 Å². The zero-order chi connectivity index (χ0) is 85.0. The van der Waals surface area contributed by atoms with Crippen molar-refractivity contribution in [1.29, 1.82) is 0 Å². The average Bonchev–Trinajstić information content (AvgIpc) is 0.834. The van der Waals surface area contributed by atoms with Crippen molar-refractivity contribution in [1.82, 2.24) is 9.80 Å². The number of aromatic hydroxyl groups is 1. The largest absolute Gasteiger partial charge is 0.525 e. The molecule has 0 saturated carbocycles. The van der Waals surface area contributed by atoms with Crippen LogP contribution in [0.15, 0.2) is 109 Å². The maximum atomic E-state index is 12.0. The van der Waals surface area contributed by atoms with Crippen molar-refractivity contribution in [3.63, 3.8) is 0 Å². The summed E-state index contributed by atoms with van der Waals surface area (Å²) in [7, 11) is -4.81. The summed E-state index contributed by atoms with van der Waals surface area (Å²) in [6, 6.07) is 33.0. The van der Waals surface area contributed by atoms with Gasteiger partial charge in [-0.15, -0.1) is 0 Å². The molecular weight excluding hydrogens is 1670 g/mol. The number of hydrogen-bond donors (Lipinski definition) is 3. The first-order valence-corrected chi connectivity index (χ1v) is 36.8. The van der Waals surface area contributed by atoms with Crippen molar-refractivity contribution in [2.24, 2.45) is 0 Å². The number of alkyl halides is 10. The van der Waals surface area contributed by atoms with Gasteiger partial charge in [-0.25, -0.2) is 43.2 Å². The second-order valence-corrected chi connectivity index (χ2v) is 27.5. The van der Waals surface area contributed by atoms with Crippen LogP contribution in [0.1, 0.15) is 77.6 Å². The number of carboxylic acid groups (broad SMARTS) is 2. The molecule has 6 rings (SSSR count). The van der Waals surface area contributed by atoms with Crippen molar-refractivity contribution in [3.05, 3.63) is 131 Å². The number of ether oxygens (including phenoxy) is 14. The number of carbonyl (C=O) groups excluding carboxylic acids is 8. The first-order valence-electron chi connectivity index (χ1n) is 33.3. The van der Waals surface area contributed by atoms with E-state index in [9.17, 15) is 87.8 Å². The van der Waals surface area contributed by atoms with Gasteiger partial charge in [-0.3, -0.25) is 14.6 Å². The molecule has 0 aliphatic carbocycles. The Hall–Kier alpha value is -8.90. The number of carbonyl (C=O) groups is 10. The molecule has 32 nitrogen and oxygen atoms in total. The van der Waals surface area contributed by atoms with E-state index in [0.29, 0.717) is 30.1 Å². The van der Waals surface area contributed by atoms with Gasteiger partial charge < -0.3 is 85.8 Å². The molecule has 2 heterocycles. The molecule has 630 valence electrons. The normalized spacial score (nSPS) is 13.9. The highest BCUT2D eigenvalue weighted by molar-refractivity contribution is 9.10. The third-order valence-corrected chi connectivity index (χ3v) is 16.1. The molecular formula is C69H88BrCl3F6N2O30S. The predicted octanol–water partition coefficient (Wildman–Crippen LogP) is 12.3. The summed E-state index contributed by atoms with van der Waals surface area (Å²) in [4.78, 5) is 114. The predicted molar refractivity (Wildman–Crippen MR) is 387 cm³/mol. The topological polar surface area (TPSA) is 410 Å². The quantitative estimate of drug-likeness (QED) is 0.0131. The van der Waals surface area contributed by atoms with E-state index in [0.717, 1.165) is 89.3 Å². The van der Waals surface area contributed by atoms with Crippen molar-refractivity contribution in [2.45, 2.75) is 126 Å². The second-order valence-electron chi connectivity index (χ2n) is 21.8. The molecule has 43 heteroatoms. The highest BCUT2D eigenvalue weighted by Gasteiger charge is 2.43. The van der Waals surface area contributed by atoms with Gasteiger partial charge in [-0.05, 0) is 108 Å². The maximum Gasteiger partial charge on any atom is 0.525 e. The number of phenolic OH excluding ortho intramolecular Hbond substituents is 1. The van der Waals surface area contributed by atoms with E-state index in [1.807, 2.05) is 60.7 Å². The highest BCUT2D eigenvalue weighted by atomic mass is 79.9. The lowest BCUT2D eigenvalue weighted by Gasteiger charge is -2.26. The number of benzene rings is 4. The fourth-order valence-electron chi connectivity index (χ4n) is 7.84. The Kier molecular flexibility index (Phi) is 51.9. The number of morpholine rings is 2. The SMILES string of the molecule is CCOC(=O)C(Br)Cc1ccccc1.CCOC(=O)C(C)OC(=O)O.CCOC(=O)C(C)OC(=O)OS(=O)(=O)C(Cl)(Cl)Cl.CCOC(=O)C(C)OC(=O)Oc1cccc(CN2CCOCC2)c1.CCOC(=O)C(Cc1ccccc1)OC(=O)OCC(F)(F)F.O=C(O)OCC(F)(F)F.Oc1cccc(CN2CCOCC2)c1. The van der Waals surface area contributed by atoms with Gasteiger partial charge in [0, 0.05) is 45.7 Å². The molecule has 0 radical (unpaired) electrons. The summed E-state index contributed by atoms with van der Waals surface area (Å²) in [5.41, 5.74) is 3.97. The Bertz CT molecular complexity index is 3570. The summed E-state index contributed by atoms with van der Waals surface area (Å²) in [6.45, 7) is 18.0.